The summed E-state index contributed by atoms with van der Waals surface area (Å²) in [6, 6.07) is 15.3. The van der Waals surface area contributed by atoms with Crippen molar-refractivity contribution in [3.8, 4) is 11.5 Å². The molecule has 4 nitrogen and oxygen atoms in total. The molecule has 0 heterocycles. The molecule has 0 radical (unpaired) electrons. The first-order chi connectivity index (χ1) is 11.9. The van der Waals surface area contributed by atoms with E-state index in [9.17, 15) is 5.11 Å². The Balaban J connectivity index is 0.00000338. The molecular formula is C20H27Cl2NO3. The van der Waals surface area contributed by atoms with Gasteiger partial charge in [0.05, 0.1) is 12.1 Å². The summed E-state index contributed by atoms with van der Waals surface area (Å²) in [5, 5.41) is 14.1. The molecule has 1 atom stereocenters. The van der Waals surface area contributed by atoms with E-state index in [2.05, 4.69) is 31.3 Å². The molecule has 0 aromatic heterocycles. The fourth-order valence-electron chi connectivity index (χ4n) is 2.52. The zero-order chi connectivity index (χ0) is 18.3. The molecule has 2 aromatic rings. The number of para-hydroxylation sites is 1. The molecule has 0 aliphatic carbocycles. The summed E-state index contributed by atoms with van der Waals surface area (Å²) in [5.41, 5.74) is 1.06. The predicted molar refractivity (Wildman–Crippen MR) is 109 cm³/mol. The Morgan fingerprint density at radius 1 is 1.12 bits per heavy atom. The van der Waals surface area contributed by atoms with Crippen LogP contribution in [0.3, 0.4) is 0 Å². The number of halogens is 2. The zero-order valence-corrected chi connectivity index (χ0v) is 16.9. The van der Waals surface area contributed by atoms with Crippen molar-refractivity contribution in [2.45, 2.75) is 31.9 Å². The number of nitrogens with one attached hydrogen (secondary N) is 1. The minimum Gasteiger partial charge on any atom is -0.497 e. The van der Waals surface area contributed by atoms with E-state index in [0.717, 1.165) is 12.2 Å². The summed E-state index contributed by atoms with van der Waals surface area (Å²) in [6.07, 6.45) is 0.223. The molecule has 26 heavy (non-hydrogen) atoms. The first kappa shape index (κ1) is 22.6. The van der Waals surface area contributed by atoms with Crippen molar-refractivity contribution in [3.63, 3.8) is 0 Å². The third-order valence-electron chi connectivity index (χ3n) is 3.89. The average Bonchev–Trinajstić information content (AvgIpc) is 2.60. The first-order valence-corrected chi connectivity index (χ1v) is 8.71. The van der Waals surface area contributed by atoms with Gasteiger partial charge in [0, 0.05) is 12.1 Å². The normalized spacial score (nSPS) is 12.2. The Kier molecular flexibility index (Phi) is 9.23. The highest BCUT2D eigenvalue weighted by Crippen LogP contribution is 2.23. The number of aliphatic hydroxyl groups is 1. The van der Waals surface area contributed by atoms with E-state index in [4.69, 9.17) is 21.1 Å². The van der Waals surface area contributed by atoms with Gasteiger partial charge in [0.15, 0.2) is 0 Å². The van der Waals surface area contributed by atoms with Crippen LogP contribution in [0.5, 0.6) is 11.5 Å². The highest BCUT2D eigenvalue weighted by Gasteiger charge is 2.19. The van der Waals surface area contributed by atoms with Crippen LogP contribution in [0.15, 0.2) is 48.5 Å². The van der Waals surface area contributed by atoms with Crippen LogP contribution in [-0.4, -0.2) is 37.0 Å². The molecule has 2 N–H and O–H groups in total. The molecule has 0 aliphatic heterocycles. The van der Waals surface area contributed by atoms with Gasteiger partial charge in [-0.2, -0.15) is 0 Å². The number of benzene rings is 2. The van der Waals surface area contributed by atoms with Gasteiger partial charge in [-0.25, -0.2) is 0 Å². The standard InChI is InChI=1S/C20H26ClNO3.ClH/c1-20(2,12-15-8-10-17(24-3)11-9-15)22-13-16(23)14-25-19-7-5-4-6-18(19)21;/h4-11,16,22-23H,12-14H2,1-3H3;1H. The van der Waals surface area contributed by atoms with Crippen molar-refractivity contribution in [1.29, 1.82) is 0 Å². The molecular weight excluding hydrogens is 373 g/mol. The van der Waals surface area contributed by atoms with Gasteiger partial charge in [-0.05, 0) is 50.1 Å². The van der Waals surface area contributed by atoms with Crippen LogP contribution in [0.1, 0.15) is 19.4 Å². The van der Waals surface area contributed by atoms with Crippen LogP contribution in [0.2, 0.25) is 5.02 Å². The van der Waals surface area contributed by atoms with Crippen LogP contribution in [-0.2, 0) is 6.42 Å². The van der Waals surface area contributed by atoms with Crippen LogP contribution in [0.4, 0.5) is 0 Å². The summed E-state index contributed by atoms with van der Waals surface area (Å²) in [6.45, 7) is 4.85. The zero-order valence-electron chi connectivity index (χ0n) is 15.4. The van der Waals surface area contributed by atoms with E-state index < -0.39 is 6.10 Å². The van der Waals surface area contributed by atoms with E-state index in [1.807, 2.05) is 24.3 Å². The monoisotopic (exact) mass is 399 g/mol. The molecule has 1 unspecified atom stereocenters. The molecule has 0 fully saturated rings. The summed E-state index contributed by atoms with van der Waals surface area (Å²) in [4.78, 5) is 0. The van der Waals surface area contributed by atoms with Crippen molar-refractivity contribution in [3.05, 3.63) is 59.1 Å². The molecule has 0 bridgehead atoms. The van der Waals surface area contributed by atoms with Crippen LogP contribution in [0.25, 0.3) is 0 Å². The first-order valence-electron chi connectivity index (χ1n) is 8.33. The van der Waals surface area contributed by atoms with Gasteiger partial charge in [0.1, 0.15) is 24.2 Å². The maximum absolute atomic E-state index is 10.2. The minimum atomic E-state index is -0.619. The average molecular weight is 400 g/mol. The largest absolute Gasteiger partial charge is 0.497 e. The third kappa shape index (κ3) is 7.42. The van der Waals surface area contributed by atoms with Gasteiger partial charge in [-0.15, -0.1) is 12.4 Å². The van der Waals surface area contributed by atoms with Crippen molar-refractivity contribution in [1.82, 2.24) is 5.32 Å². The van der Waals surface area contributed by atoms with Gasteiger partial charge >= 0.3 is 0 Å². The SMILES string of the molecule is COc1ccc(CC(C)(C)NCC(O)COc2ccccc2Cl)cc1.Cl. The van der Waals surface area contributed by atoms with E-state index in [0.29, 0.717) is 17.3 Å². The van der Waals surface area contributed by atoms with Crippen LogP contribution < -0.4 is 14.8 Å². The third-order valence-corrected chi connectivity index (χ3v) is 4.20. The van der Waals surface area contributed by atoms with E-state index >= 15 is 0 Å². The molecule has 2 rings (SSSR count). The lowest BCUT2D eigenvalue weighted by Gasteiger charge is -2.28. The molecule has 144 valence electrons. The lowest BCUT2D eigenvalue weighted by Crippen LogP contribution is -2.46. The Hall–Kier alpha value is -1.46. The summed E-state index contributed by atoms with van der Waals surface area (Å²) < 4.78 is 10.7. The molecule has 0 saturated carbocycles. The lowest BCUT2D eigenvalue weighted by molar-refractivity contribution is 0.0989. The summed E-state index contributed by atoms with van der Waals surface area (Å²) >= 11 is 6.04. The summed E-state index contributed by atoms with van der Waals surface area (Å²) in [5.74, 6) is 1.43. The van der Waals surface area contributed by atoms with Crippen LogP contribution in [0, 0.1) is 0 Å². The molecule has 0 spiro atoms. The second-order valence-corrected chi connectivity index (χ2v) is 7.09. The van der Waals surface area contributed by atoms with Crippen LogP contribution >= 0.6 is 24.0 Å². The number of rotatable bonds is 9. The fraction of sp³-hybridized carbons (Fsp3) is 0.400. The van der Waals surface area contributed by atoms with Gasteiger partial charge < -0.3 is 19.9 Å². The number of hydrogen-bond donors (Lipinski definition) is 2. The summed E-state index contributed by atoms with van der Waals surface area (Å²) in [7, 11) is 1.66. The fourth-order valence-corrected chi connectivity index (χ4v) is 2.71. The Morgan fingerprint density at radius 3 is 2.38 bits per heavy atom. The highest BCUT2D eigenvalue weighted by atomic mass is 35.5. The second kappa shape index (κ2) is 10.6. The van der Waals surface area contributed by atoms with Gasteiger partial charge in [-0.1, -0.05) is 35.9 Å². The van der Waals surface area contributed by atoms with Gasteiger partial charge in [0.2, 0.25) is 0 Å². The minimum absolute atomic E-state index is 0. The Labute approximate surface area is 166 Å². The second-order valence-electron chi connectivity index (χ2n) is 6.68. The highest BCUT2D eigenvalue weighted by molar-refractivity contribution is 6.32. The molecule has 6 heteroatoms. The lowest BCUT2D eigenvalue weighted by atomic mass is 9.94. The topological polar surface area (TPSA) is 50.7 Å². The van der Waals surface area contributed by atoms with Gasteiger partial charge in [0.25, 0.3) is 0 Å². The molecule has 0 saturated heterocycles. The smallest absolute Gasteiger partial charge is 0.138 e. The van der Waals surface area contributed by atoms with E-state index in [1.54, 1.807) is 19.2 Å². The number of β-amino-alcohol motifs (C(OH)–C–C–N with tert-alkyl or cyclic N) is 1. The molecule has 0 aliphatic rings. The predicted octanol–water partition coefficient (Wildman–Crippen LogP) is 4.12. The number of methoxy groups -OCH3 is 1. The Bertz CT molecular complexity index is 662. The number of hydrogen-bond acceptors (Lipinski definition) is 4. The molecule has 2 aromatic carbocycles. The van der Waals surface area contributed by atoms with Crippen molar-refractivity contribution >= 4 is 24.0 Å². The van der Waals surface area contributed by atoms with E-state index in [-0.39, 0.29) is 24.6 Å². The number of ether oxygens (including phenoxy) is 2. The van der Waals surface area contributed by atoms with Crippen molar-refractivity contribution in [2.75, 3.05) is 20.3 Å². The molecule has 0 amide bonds. The van der Waals surface area contributed by atoms with Crippen molar-refractivity contribution < 1.29 is 14.6 Å². The number of aliphatic hydroxyl groups excluding tert-OH is 1. The van der Waals surface area contributed by atoms with Crippen molar-refractivity contribution in [2.24, 2.45) is 0 Å². The Morgan fingerprint density at radius 2 is 1.77 bits per heavy atom. The van der Waals surface area contributed by atoms with E-state index in [1.165, 1.54) is 5.56 Å². The van der Waals surface area contributed by atoms with Gasteiger partial charge in [-0.3, -0.25) is 0 Å². The maximum Gasteiger partial charge on any atom is 0.138 e. The quantitative estimate of drug-likeness (QED) is 0.665. The maximum atomic E-state index is 10.2.